The Morgan fingerprint density at radius 3 is 2.52 bits per heavy atom. The number of nitrogens with one attached hydrogen (secondary N) is 1. The van der Waals surface area contributed by atoms with Crippen molar-refractivity contribution in [1.29, 1.82) is 0 Å². The third-order valence-corrected chi connectivity index (χ3v) is 4.61. The summed E-state index contributed by atoms with van der Waals surface area (Å²) in [5.74, 6) is -1.89. The van der Waals surface area contributed by atoms with Gasteiger partial charge in [-0.25, -0.2) is 9.59 Å². The molecule has 1 N–H and O–H groups in total. The van der Waals surface area contributed by atoms with Gasteiger partial charge in [0, 0.05) is 18.0 Å². The average molecular weight is 459 g/mol. The minimum absolute atomic E-state index is 0.0150. The molecule has 2 saturated heterocycles. The van der Waals surface area contributed by atoms with Crippen LogP contribution in [-0.2, 0) is 18.9 Å². The molecule has 1 aromatic rings. The average Bonchev–Trinajstić information content (AvgIpc) is 3.19. The molecule has 31 heavy (non-hydrogen) atoms. The lowest BCUT2D eigenvalue weighted by molar-refractivity contribution is -0.384. The van der Waals surface area contributed by atoms with Gasteiger partial charge in [0.15, 0.2) is 18.1 Å². The van der Waals surface area contributed by atoms with Crippen molar-refractivity contribution in [2.75, 3.05) is 12.4 Å². The van der Waals surface area contributed by atoms with Crippen LogP contribution < -0.4 is 5.32 Å². The maximum Gasteiger partial charge on any atom is 0.342 e. The van der Waals surface area contributed by atoms with E-state index in [0.29, 0.717) is 5.01 Å². The van der Waals surface area contributed by atoms with Crippen LogP contribution in [0.3, 0.4) is 0 Å². The highest BCUT2D eigenvalue weighted by Gasteiger charge is 2.57. The Balaban J connectivity index is 1.71. The minimum atomic E-state index is -1.26. The van der Waals surface area contributed by atoms with Crippen LogP contribution in [0.15, 0.2) is 29.6 Å². The van der Waals surface area contributed by atoms with Crippen LogP contribution in [0.2, 0.25) is 0 Å². The molecule has 1 unspecified atom stereocenters. The zero-order chi connectivity index (χ0) is 22.8. The number of hydrogen-bond acceptors (Lipinski definition) is 10. The van der Waals surface area contributed by atoms with Crippen LogP contribution in [0.4, 0.5) is 10.5 Å². The van der Waals surface area contributed by atoms with Crippen LogP contribution in [-0.4, -0.2) is 64.9 Å². The van der Waals surface area contributed by atoms with Gasteiger partial charge in [-0.05, 0) is 26.0 Å². The van der Waals surface area contributed by atoms with E-state index in [-0.39, 0.29) is 23.7 Å². The highest BCUT2D eigenvalue weighted by atomic mass is 35.5. The van der Waals surface area contributed by atoms with E-state index in [2.05, 4.69) is 10.6 Å². The molecule has 14 heteroatoms. The first-order valence-corrected chi connectivity index (χ1v) is 9.62. The minimum Gasteiger partial charge on any atom is -0.429 e. The molecule has 2 aliphatic rings. The molecule has 0 radical (unpaired) electrons. The van der Waals surface area contributed by atoms with Gasteiger partial charge in [0.2, 0.25) is 6.29 Å². The molecular weight excluding hydrogens is 440 g/mol. The van der Waals surface area contributed by atoms with Gasteiger partial charge < -0.3 is 24.3 Å². The Kier molecular flexibility index (Phi) is 6.69. The van der Waals surface area contributed by atoms with Gasteiger partial charge in [0.25, 0.3) is 5.69 Å². The van der Waals surface area contributed by atoms with Crippen LogP contribution in [0.5, 0.6) is 0 Å². The Bertz CT molecular complexity index is 866. The largest absolute Gasteiger partial charge is 0.429 e. The van der Waals surface area contributed by atoms with E-state index < -0.39 is 47.4 Å². The molecule has 2 aliphatic heterocycles. The maximum absolute atomic E-state index is 12.5. The molecule has 2 amide bonds. The molecule has 0 spiro atoms. The van der Waals surface area contributed by atoms with E-state index in [4.69, 9.17) is 30.5 Å². The van der Waals surface area contributed by atoms with Crippen molar-refractivity contribution in [2.45, 2.75) is 44.4 Å². The number of nitrogens with zero attached hydrogens (tertiary/aromatic N) is 3. The number of carbonyl (C=O) groups is 2. The van der Waals surface area contributed by atoms with Crippen LogP contribution in [0.1, 0.15) is 24.2 Å². The standard InChI is InChI=1S/C17H19ClN4O9/c1-17(2)30-11-12(31-17)15(28-13(11)19-16(24)21(20-25)8-7-18)29-14(23)9-3-5-10(6-4-9)22(26)27/h3-6,11-13,15H,7-8H2,1-2H3,(H,19,24)/t11-,12-,13?,15-/m1/s1. The van der Waals surface area contributed by atoms with Crippen LogP contribution in [0.25, 0.3) is 0 Å². The van der Waals surface area contributed by atoms with Crippen molar-refractivity contribution in [3.05, 3.63) is 44.9 Å². The summed E-state index contributed by atoms with van der Waals surface area (Å²) in [5, 5.41) is 16.3. The summed E-state index contributed by atoms with van der Waals surface area (Å²) in [7, 11) is 0. The third-order valence-electron chi connectivity index (χ3n) is 4.44. The SMILES string of the molecule is CC1(C)O[C@H]2[C@@H](OC(=O)c3ccc([N+](=O)[O-])cc3)OC(NC(=O)N(CCCl)N=O)[C@@H]2O1. The number of ether oxygens (including phenoxy) is 4. The first-order chi connectivity index (χ1) is 14.6. The molecule has 0 bridgehead atoms. The number of rotatable bonds is 7. The van der Waals surface area contributed by atoms with E-state index in [0.717, 1.165) is 12.1 Å². The van der Waals surface area contributed by atoms with Gasteiger partial charge in [-0.2, -0.15) is 5.01 Å². The van der Waals surface area contributed by atoms with Gasteiger partial charge in [-0.3, -0.25) is 10.1 Å². The molecular formula is C17H19ClN4O9. The monoisotopic (exact) mass is 458 g/mol. The zero-order valence-corrected chi connectivity index (χ0v) is 17.2. The summed E-state index contributed by atoms with van der Waals surface area (Å²) in [6, 6.07) is 3.92. The fraction of sp³-hybridized carbons (Fsp3) is 0.529. The molecule has 0 aliphatic carbocycles. The summed E-state index contributed by atoms with van der Waals surface area (Å²) in [6.07, 6.45) is -4.11. The third kappa shape index (κ3) is 5.07. The van der Waals surface area contributed by atoms with E-state index >= 15 is 0 Å². The van der Waals surface area contributed by atoms with Gasteiger partial charge in [-0.15, -0.1) is 16.5 Å². The van der Waals surface area contributed by atoms with Crippen molar-refractivity contribution < 1.29 is 33.5 Å². The lowest BCUT2D eigenvalue weighted by Crippen LogP contribution is -2.48. The smallest absolute Gasteiger partial charge is 0.342 e. The molecule has 168 valence electrons. The number of fused-ring (bicyclic) bond motifs is 1. The number of nitro groups is 1. The number of benzene rings is 1. The number of amides is 2. The number of hydrogen-bond donors (Lipinski definition) is 1. The van der Waals surface area contributed by atoms with E-state index in [1.807, 2.05) is 0 Å². The van der Waals surface area contributed by atoms with Crippen molar-refractivity contribution in [3.63, 3.8) is 0 Å². The number of carbonyl (C=O) groups excluding carboxylic acids is 2. The highest BCUT2D eigenvalue weighted by Crippen LogP contribution is 2.38. The second-order valence-electron chi connectivity index (χ2n) is 7.04. The normalized spacial score (nSPS) is 26.0. The second-order valence-corrected chi connectivity index (χ2v) is 7.42. The summed E-state index contributed by atoms with van der Waals surface area (Å²) in [5.41, 5.74) is -0.133. The fourth-order valence-electron chi connectivity index (χ4n) is 3.12. The first kappa shape index (κ1) is 22.8. The van der Waals surface area contributed by atoms with Crippen molar-refractivity contribution in [3.8, 4) is 0 Å². The zero-order valence-electron chi connectivity index (χ0n) is 16.4. The van der Waals surface area contributed by atoms with Crippen molar-refractivity contribution >= 4 is 29.3 Å². The Morgan fingerprint density at radius 2 is 1.94 bits per heavy atom. The number of alkyl halides is 1. The highest BCUT2D eigenvalue weighted by molar-refractivity contribution is 6.18. The lowest BCUT2D eigenvalue weighted by Gasteiger charge is -2.25. The Morgan fingerprint density at radius 1 is 1.29 bits per heavy atom. The van der Waals surface area contributed by atoms with Gasteiger partial charge >= 0.3 is 12.0 Å². The number of non-ortho nitro benzene ring substituents is 1. The second kappa shape index (κ2) is 9.09. The first-order valence-electron chi connectivity index (χ1n) is 9.09. The van der Waals surface area contributed by atoms with E-state index in [9.17, 15) is 24.6 Å². The predicted molar refractivity (Wildman–Crippen MR) is 103 cm³/mol. The summed E-state index contributed by atoms with van der Waals surface area (Å²) in [4.78, 5) is 45.7. The topological polar surface area (TPSA) is 159 Å². The maximum atomic E-state index is 12.5. The molecule has 1 aromatic carbocycles. The Hall–Kier alpha value is -2.87. The summed E-state index contributed by atoms with van der Waals surface area (Å²) in [6.45, 7) is 3.14. The van der Waals surface area contributed by atoms with Crippen molar-refractivity contribution in [1.82, 2.24) is 10.3 Å². The van der Waals surface area contributed by atoms with E-state index in [1.54, 1.807) is 13.8 Å². The van der Waals surface area contributed by atoms with Gasteiger partial charge in [-0.1, -0.05) is 0 Å². The Labute approximate surface area is 180 Å². The molecule has 2 fully saturated rings. The van der Waals surface area contributed by atoms with Gasteiger partial charge in [0.1, 0.15) is 6.10 Å². The van der Waals surface area contributed by atoms with Crippen LogP contribution >= 0.6 is 11.6 Å². The van der Waals surface area contributed by atoms with Gasteiger partial charge in [0.05, 0.1) is 22.3 Å². The van der Waals surface area contributed by atoms with Crippen molar-refractivity contribution in [2.24, 2.45) is 5.29 Å². The lowest BCUT2D eigenvalue weighted by atomic mass is 10.2. The molecule has 0 saturated carbocycles. The molecule has 2 heterocycles. The molecule has 0 aromatic heterocycles. The molecule has 4 atom stereocenters. The molecule has 13 nitrogen and oxygen atoms in total. The molecule has 3 rings (SSSR count). The number of esters is 1. The summed E-state index contributed by atoms with van der Waals surface area (Å²) >= 11 is 5.54. The fourth-order valence-corrected chi connectivity index (χ4v) is 3.28. The van der Waals surface area contributed by atoms with Crippen LogP contribution in [0, 0.1) is 15.0 Å². The number of halogens is 1. The quantitative estimate of drug-likeness (QED) is 0.211. The summed E-state index contributed by atoms with van der Waals surface area (Å²) < 4.78 is 22.4. The number of nitro benzene ring substituents is 1. The number of urea groups is 1. The predicted octanol–water partition coefficient (Wildman–Crippen LogP) is 1.89. The van der Waals surface area contributed by atoms with E-state index in [1.165, 1.54) is 12.1 Å². The number of nitroso groups, excluding NO2 is 1.